The molecule has 96 valence electrons. The van der Waals surface area contributed by atoms with E-state index in [1.165, 1.54) is 25.0 Å². The fourth-order valence-electron chi connectivity index (χ4n) is 2.94. The molecule has 0 bridgehead atoms. The summed E-state index contributed by atoms with van der Waals surface area (Å²) in [6.45, 7) is 4.45. The summed E-state index contributed by atoms with van der Waals surface area (Å²) in [5, 5.41) is 4.71. The molecule has 0 spiro atoms. The van der Waals surface area contributed by atoms with Crippen molar-refractivity contribution < 1.29 is 0 Å². The second-order valence-electron chi connectivity index (χ2n) is 5.32. The standard InChI is InChI=1S/C14H25N3/c1-3-13(4-2)17-9-8-12(16-17)10-11-6-5-7-14(11)15/h8-9,11,13-14H,3-7,10,15H2,1-2H3. The van der Waals surface area contributed by atoms with Crippen LogP contribution in [0.3, 0.4) is 0 Å². The van der Waals surface area contributed by atoms with Crippen molar-refractivity contribution in [2.24, 2.45) is 11.7 Å². The van der Waals surface area contributed by atoms with Crippen molar-refractivity contribution in [2.45, 2.75) is 64.5 Å². The van der Waals surface area contributed by atoms with Crippen LogP contribution in [0.4, 0.5) is 0 Å². The molecule has 3 nitrogen and oxygen atoms in total. The SMILES string of the molecule is CCC(CC)n1ccc(CC2CCCC2N)n1. The molecule has 2 unspecified atom stereocenters. The van der Waals surface area contributed by atoms with Gasteiger partial charge < -0.3 is 5.73 Å². The Morgan fingerprint density at radius 3 is 2.76 bits per heavy atom. The highest BCUT2D eigenvalue weighted by Gasteiger charge is 2.24. The second-order valence-corrected chi connectivity index (χ2v) is 5.32. The molecule has 2 rings (SSSR count). The van der Waals surface area contributed by atoms with Gasteiger partial charge in [-0.05, 0) is 44.1 Å². The monoisotopic (exact) mass is 235 g/mol. The van der Waals surface area contributed by atoms with E-state index in [2.05, 4.69) is 30.8 Å². The highest BCUT2D eigenvalue weighted by atomic mass is 15.3. The van der Waals surface area contributed by atoms with Gasteiger partial charge in [0.15, 0.2) is 0 Å². The van der Waals surface area contributed by atoms with Crippen LogP contribution >= 0.6 is 0 Å². The van der Waals surface area contributed by atoms with Gasteiger partial charge in [0.2, 0.25) is 0 Å². The van der Waals surface area contributed by atoms with Crippen molar-refractivity contribution in [3.8, 4) is 0 Å². The molecule has 1 heterocycles. The minimum absolute atomic E-state index is 0.397. The van der Waals surface area contributed by atoms with E-state index < -0.39 is 0 Å². The van der Waals surface area contributed by atoms with E-state index in [0.717, 1.165) is 19.3 Å². The Hall–Kier alpha value is -0.830. The van der Waals surface area contributed by atoms with Crippen LogP contribution in [0.1, 0.15) is 57.7 Å². The predicted octanol–water partition coefficient (Wildman–Crippen LogP) is 2.91. The molecule has 1 aliphatic carbocycles. The number of hydrogen-bond acceptors (Lipinski definition) is 2. The zero-order chi connectivity index (χ0) is 12.3. The highest BCUT2D eigenvalue weighted by Crippen LogP contribution is 2.27. The summed E-state index contributed by atoms with van der Waals surface area (Å²) in [7, 11) is 0. The summed E-state index contributed by atoms with van der Waals surface area (Å²) in [6, 6.07) is 3.12. The summed E-state index contributed by atoms with van der Waals surface area (Å²) in [4.78, 5) is 0. The van der Waals surface area contributed by atoms with Crippen molar-refractivity contribution in [3.05, 3.63) is 18.0 Å². The molecule has 1 fully saturated rings. The Labute approximate surface area is 104 Å². The van der Waals surface area contributed by atoms with Crippen molar-refractivity contribution in [2.75, 3.05) is 0 Å². The van der Waals surface area contributed by atoms with Gasteiger partial charge in [-0.1, -0.05) is 20.3 Å². The maximum Gasteiger partial charge on any atom is 0.0628 e. The Bertz CT molecular complexity index is 341. The van der Waals surface area contributed by atoms with Crippen LogP contribution in [0.5, 0.6) is 0 Å². The van der Waals surface area contributed by atoms with Gasteiger partial charge in [-0.2, -0.15) is 5.10 Å². The summed E-state index contributed by atoms with van der Waals surface area (Å²) in [5.41, 5.74) is 7.33. The molecule has 2 atom stereocenters. The van der Waals surface area contributed by atoms with E-state index in [-0.39, 0.29) is 0 Å². The maximum absolute atomic E-state index is 6.11. The zero-order valence-electron chi connectivity index (χ0n) is 11.1. The first-order chi connectivity index (χ1) is 8.24. The van der Waals surface area contributed by atoms with E-state index in [9.17, 15) is 0 Å². The average molecular weight is 235 g/mol. The quantitative estimate of drug-likeness (QED) is 0.852. The van der Waals surface area contributed by atoms with Gasteiger partial charge in [0, 0.05) is 12.2 Å². The Balaban J connectivity index is 1.98. The lowest BCUT2D eigenvalue weighted by molar-refractivity contribution is 0.417. The molecular formula is C14H25N3. The van der Waals surface area contributed by atoms with Crippen LogP contribution in [0.25, 0.3) is 0 Å². The molecule has 0 radical (unpaired) electrons. The van der Waals surface area contributed by atoms with Gasteiger partial charge in [-0.3, -0.25) is 4.68 Å². The van der Waals surface area contributed by atoms with Gasteiger partial charge in [-0.15, -0.1) is 0 Å². The van der Waals surface area contributed by atoms with E-state index in [1.807, 2.05) is 0 Å². The number of rotatable bonds is 5. The van der Waals surface area contributed by atoms with E-state index in [4.69, 9.17) is 10.8 Å². The van der Waals surface area contributed by atoms with E-state index >= 15 is 0 Å². The summed E-state index contributed by atoms with van der Waals surface area (Å²) in [6.07, 6.45) is 9.26. The largest absolute Gasteiger partial charge is 0.327 e. The first-order valence-electron chi connectivity index (χ1n) is 7.04. The molecule has 0 saturated heterocycles. The van der Waals surface area contributed by atoms with Crippen LogP contribution in [-0.4, -0.2) is 15.8 Å². The fourth-order valence-corrected chi connectivity index (χ4v) is 2.94. The summed E-state index contributed by atoms with van der Waals surface area (Å²) >= 11 is 0. The number of hydrogen-bond donors (Lipinski definition) is 1. The fraction of sp³-hybridized carbons (Fsp3) is 0.786. The Kier molecular flexibility index (Phi) is 4.21. The van der Waals surface area contributed by atoms with E-state index in [0.29, 0.717) is 18.0 Å². The van der Waals surface area contributed by atoms with Gasteiger partial charge in [0.1, 0.15) is 0 Å². The lowest BCUT2D eigenvalue weighted by atomic mass is 9.98. The third-order valence-corrected chi connectivity index (χ3v) is 4.17. The highest BCUT2D eigenvalue weighted by molar-refractivity contribution is 5.03. The van der Waals surface area contributed by atoms with Crippen molar-refractivity contribution >= 4 is 0 Å². The molecule has 0 amide bonds. The van der Waals surface area contributed by atoms with Crippen LogP contribution in [0.2, 0.25) is 0 Å². The van der Waals surface area contributed by atoms with Gasteiger partial charge in [0.25, 0.3) is 0 Å². The Morgan fingerprint density at radius 1 is 1.41 bits per heavy atom. The summed E-state index contributed by atoms with van der Waals surface area (Å²) < 4.78 is 2.13. The number of aromatic nitrogens is 2. The lowest BCUT2D eigenvalue weighted by Gasteiger charge is -2.14. The van der Waals surface area contributed by atoms with Crippen molar-refractivity contribution in [3.63, 3.8) is 0 Å². The van der Waals surface area contributed by atoms with Crippen molar-refractivity contribution in [1.82, 2.24) is 9.78 Å². The molecular weight excluding hydrogens is 210 g/mol. The van der Waals surface area contributed by atoms with Crippen molar-refractivity contribution in [1.29, 1.82) is 0 Å². The van der Waals surface area contributed by atoms with Gasteiger partial charge in [0.05, 0.1) is 11.7 Å². The minimum Gasteiger partial charge on any atom is -0.327 e. The topological polar surface area (TPSA) is 43.8 Å². The number of nitrogens with zero attached hydrogens (tertiary/aromatic N) is 2. The van der Waals surface area contributed by atoms with Crippen LogP contribution in [0, 0.1) is 5.92 Å². The third-order valence-electron chi connectivity index (χ3n) is 4.17. The lowest BCUT2D eigenvalue weighted by Crippen LogP contribution is -2.26. The normalized spacial score (nSPS) is 24.7. The van der Waals surface area contributed by atoms with Gasteiger partial charge in [-0.25, -0.2) is 0 Å². The first kappa shape index (κ1) is 12.6. The Morgan fingerprint density at radius 2 is 2.18 bits per heavy atom. The smallest absolute Gasteiger partial charge is 0.0628 e. The zero-order valence-corrected chi connectivity index (χ0v) is 11.1. The van der Waals surface area contributed by atoms with Crippen LogP contribution in [-0.2, 0) is 6.42 Å². The predicted molar refractivity (Wildman–Crippen MR) is 70.9 cm³/mol. The first-order valence-corrected chi connectivity index (χ1v) is 7.04. The second kappa shape index (κ2) is 5.67. The number of nitrogens with two attached hydrogens (primary N) is 1. The summed E-state index contributed by atoms with van der Waals surface area (Å²) in [5.74, 6) is 0.653. The molecule has 1 aromatic heterocycles. The molecule has 2 N–H and O–H groups in total. The van der Waals surface area contributed by atoms with E-state index in [1.54, 1.807) is 0 Å². The third kappa shape index (κ3) is 2.89. The molecule has 1 saturated carbocycles. The maximum atomic E-state index is 6.11. The molecule has 0 aliphatic heterocycles. The molecule has 17 heavy (non-hydrogen) atoms. The van der Waals surface area contributed by atoms with Crippen LogP contribution in [0.15, 0.2) is 12.3 Å². The molecule has 1 aromatic rings. The minimum atomic E-state index is 0.397. The van der Waals surface area contributed by atoms with Gasteiger partial charge >= 0.3 is 0 Å². The van der Waals surface area contributed by atoms with Crippen LogP contribution < -0.4 is 5.73 Å². The molecule has 0 aromatic carbocycles. The molecule has 3 heteroatoms. The molecule has 1 aliphatic rings. The average Bonchev–Trinajstić information content (AvgIpc) is 2.92.